The molecule has 0 unspecified atom stereocenters. The molecule has 1 aromatic carbocycles. The van der Waals surface area contributed by atoms with Crippen LogP contribution in [0.4, 0.5) is 10.5 Å². The first-order valence-electron chi connectivity index (χ1n) is 5.24. The minimum absolute atomic E-state index is 0.115. The Labute approximate surface area is 107 Å². The van der Waals surface area contributed by atoms with E-state index in [9.17, 15) is 9.59 Å². The molecule has 1 aromatic rings. The third-order valence-electron chi connectivity index (χ3n) is 2.43. The predicted octanol–water partition coefficient (Wildman–Crippen LogP) is 1.41. The van der Waals surface area contributed by atoms with E-state index in [0.29, 0.717) is 13.1 Å². The number of nitrogens with zero attached hydrogens (tertiary/aromatic N) is 1. The van der Waals surface area contributed by atoms with Crippen LogP contribution >= 0.6 is 15.9 Å². The first-order valence-corrected chi connectivity index (χ1v) is 6.04. The van der Waals surface area contributed by atoms with Gasteiger partial charge in [0, 0.05) is 23.2 Å². The van der Waals surface area contributed by atoms with Crippen LogP contribution in [0.25, 0.3) is 0 Å². The Morgan fingerprint density at radius 1 is 1.53 bits per heavy atom. The van der Waals surface area contributed by atoms with Crippen LogP contribution in [0.2, 0.25) is 0 Å². The smallest absolute Gasteiger partial charge is 0.324 e. The monoisotopic (exact) mass is 297 g/mol. The molecule has 3 amide bonds. The van der Waals surface area contributed by atoms with E-state index in [0.717, 1.165) is 10.2 Å². The van der Waals surface area contributed by atoms with Crippen molar-refractivity contribution in [3.05, 3.63) is 28.7 Å². The number of hydrogen-bond acceptors (Lipinski definition) is 3. The van der Waals surface area contributed by atoms with E-state index < -0.39 is 0 Å². The first kappa shape index (κ1) is 11.9. The van der Waals surface area contributed by atoms with Crippen LogP contribution in [-0.4, -0.2) is 36.5 Å². The van der Waals surface area contributed by atoms with Gasteiger partial charge in [-0.2, -0.15) is 0 Å². The third kappa shape index (κ3) is 2.97. The molecule has 0 aromatic heterocycles. The summed E-state index contributed by atoms with van der Waals surface area (Å²) < 4.78 is 0.939. The van der Waals surface area contributed by atoms with Crippen LogP contribution in [0, 0.1) is 0 Å². The highest BCUT2D eigenvalue weighted by Crippen LogP contribution is 2.15. The minimum Gasteiger partial charge on any atom is -0.376 e. The van der Waals surface area contributed by atoms with Gasteiger partial charge in [0.1, 0.15) is 0 Å². The number of hydrogen-bond donors (Lipinski definition) is 2. The van der Waals surface area contributed by atoms with Gasteiger partial charge in [0.2, 0.25) is 5.91 Å². The fourth-order valence-corrected chi connectivity index (χ4v) is 1.98. The van der Waals surface area contributed by atoms with E-state index in [1.54, 1.807) is 0 Å². The van der Waals surface area contributed by atoms with Crippen molar-refractivity contribution in [3.63, 3.8) is 0 Å². The lowest BCUT2D eigenvalue weighted by molar-refractivity contribution is -0.125. The molecule has 0 bridgehead atoms. The number of rotatable bonds is 3. The molecule has 1 aliphatic heterocycles. The van der Waals surface area contributed by atoms with Gasteiger partial charge in [-0.3, -0.25) is 9.69 Å². The van der Waals surface area contributed by atoms with Crippen LogP contribution in [0.3, 0.4) is 0 Å². The van der Waals surface area contributed by atoms with Gasteiger partial charge in [-0.15, -0.1) is 0 Å². The zero-order valence-corrected chi connectivity index (χ0v) is 10.7. The van der Waals surface area contributed by atoms with E-state index in [2.05, 4.69) is 26.6 Å². The molecule has 2 rings (SSSR count). The van der Waals surface area contributed by atoms with Crippen molar-refractivity contribution >= 4 is 33.6 Å². The molecule has 1 fully saturated rings. The van der Waals surface area contributed by atoms with Crippen LogP contribution < -0.4 is 10.6 Å². The highest BCUT2D eigenvalue weighted by atomic mass is 79.9. The lowest BCUT2D eigenvalue weighted by Crippen LogP contribution is -2.37. The summed E-state index contributed by atoms with van der Waals surface area (Å²) in [5, 5.41) is 5.57. The largest absolute Gasteiger partial charge is 0.376 e. The van der Waals surface area contributed by atoms with Crippen LogP contribution in [0.5, 0.6) is 0 Å². The summed E-state index contributed by atoms with van der Waals surface area (Å²) in [5.74, 6) is -0.222. The minimum atomic E-state index is -0.314. The molecule has 0 aliphatic carbocycles. The van der Waals surface area contributed by atoms with Crippen molar-refractivity contribution in [1.29, 1.82) is 0 Å². The van der Waals surface area contributed by atoms with Crippen LogP contribution in [-0.2, 0) is 4.79 Å². The molecule has 0 saturated carbocycles. The average Bonchev–Trinajstić information content (AvgIpc) is 2.72. The summed E-state index contributed by atoms with van der Waals surface area (Å²) in [6.07, 6.45) is 0. The van der Waals surface area contributed by atoms with Gasteiger partial charge in [-0.25, -0.2) is 4.79 Å². The third-order valence-corrected chi connectivity index (χ3v) is 2.92. The number of halogens is 1. The topological polar surface area (TPSA) is 61.4 Å². The Kier molecular flexibility index (Phi) is 3.63. The number of benzene rings is 1. The molecule has 90 valence electrons. The van der Waals surface area contributed by atoms with Crippen molar-refractivity contribution in [2.24, 2.45) is 0 Å². The van der Waals surface area contributed by atoms with E-state index in [-0.39, 0.29) is 18.5 Å². The molecule has 1 aliphatic rings. The standard InChI is InChI=1S/C11H12BrN3O2/c12-8-2-1-3-9(6-8)14-7-10(16)15-5-4-13-11(15)17/h1-3,6,14H,4-5,7H2,(H,13,17). The van der Waals surface area contributed by atoms with E-state index in [1.807, 2.05) is 24.3 Å². The van der Waals surface area contributed by atoms with Crippen LogP contribution in [0.15, 0.2) is 28.7 Å². The number of carbonyl (C=O) groups excluding carboxylic acids is 2. The van der Waals surface area contributed by atoms with E-state index >= 15 is 0 Å². The average molecular weight is 298 g/mol. The quantitative estimate of drug-likeness (QED) is 0.887. The van der Waals surface area contributed by atoms with Gasteiger partial charge in [0.25, 0.3) is 0 Å². The number of anilines is 1. The van der Waals surface area contributed by atoms with E-state index in [1.165, 1.54) is 4.90 Å². The number of imide groups is 1. The van der Waals surface area contributed by atoms with Crippen LogP contribution in [0.1, 0.15) is 0 Å². The second kappa shape index (κ2) is 5.18. The molecular formula is C11H12BrN3O2. The Morgan fingerprint density at radius 3 is 3.00 bits per heavy atom. The number of amides is 3. The molecule has 6 heteroatoms. The second-order valence-corrected chi connectivity index (χ2v) is 4.56. The van der Waals surface area contributed by atoms with Gasteiger partial charge in [0.05, 0.1) is 6.54 Å². The van der Waals surface area contributed by atoms with Gasteiger partial charge >= 0.3 is 6.03 Å². The first-order chi connectivity index (χ1) is 8.16. The normalized spacial score (nSPS) is 14.6. The van der Waals surface area contributed by atoms with Gasteiger partial charge in [0.15, 0.2) is 0 Å². The molecule has 0 spiro atoms. The lowest BCUT2D eigenvalue weighted by atomic mass is 10.3. The fourth-order valence-electron chi connectivity index (χ4n) is 1.58. The number of urea groups is 1. The Balaban J connectivity index is 1.90. The molecule has 1 saturated heterocycles. The molecule has 1 heterocycles. The molecule has 5 nitrogen and oxygen atoms in total. The van der Waals surface area contributed by atoms with Gasteiger partial charge in [-0.1, -0.05) is 22.0 Å². The maximum Gasteiger partial charge on any atom is 0.324 e. The van der Waals surface area contributed by atoms with Crippen molar-refractivity contribution in [3.8, 4) is 0 Å². The van der Waals surface area contributed by atoms with Crippen molar-refractivity contribution in [2.45, 2.75) is 0 Å². The molecule has 17 heavy (non-hydrogen) atoms. The molecule has 0 atom stereocenters. The predicted molar refractivity (Wildman–Crippen MR) is 67.7 cm³/mol. The number of carbonyl (C=O) groups is 2. The summed E-state index contributed by atoms with van der Waals surface area (Å²) in [5.41, 5.74) is 0.840. The Bertz CT molecular complexity index is 450. The summed E-state index contributed by atoms with van der Waals surface area (Å²) >= 11 is 3.35. The fraction of sp³-hybridized carbons (Fsp3) is 0.273. The van der Waals surface area contributed by atoms with Crippen molar-refractivity contribution < 1.29 is 9.59 Å². The number of nitrogens with one attached hydrogen (secondary N) is 2. The highest BCUT2D eigenvalue weighted by Gasteiger charge is 2.25. The summed E-state index contributed by atoms with van der Waals surface area (Å²) in [6, 6.07) is 7.20. The highest BCUT2D eigenvalue weighted by molar-refractivity contribution is 9.10. The summed E-state index contributed by atoms with van der Waals surface area (Å²) in [4.78, 5) is 24.2. The zero-order chi connectivity index (χ0) is 12.3. The SMILES string of the molecule is O=C(CNc1cccc(Br)c1)N1CCNC1=O. The second-order valence-electron chi connectivity index (χ2n) is 3.64. The molecular weight excluding hydrogens is 286 g/mol. The zero-order valence-electron chi connectivity index (χ0n) is 9.07. The summed E-state index contributed by atoms with van der Waals surface area (Å²) in [6.45, 7) is 1.09. The lowest BCUT2D eigenvalue weighted by Gasteiger charge is -2.13. The Morgan fingerprint density at radius 2 is 2.35 bits per heavy atom. The maximum absolute atomic E-state index is 11.7. The van der Waals surface area contributed by atoms with Gasteiger partial charge < -0.3 is 10.6 Å². The van der Waals surface area contributed by atoms with Crippen molar-refractivity contribution in [1.82, 2.24) is 10.2 Å². The maximum atomic E-state index is 11.7. The molecule has 2 N–H and O–H groups in total. The summed E-state index contributed by atoms with van der Waals surface area (Å²) in [7, 11) is 0. The van der Waals surface area contributed by atoms with Gasteiger partial charge in [-0.05, 0) is 18.2 Å². The molecule has 0 radical (unpaired) electrons. The van der Waals surface area contributed by atoms with Crippen molar-refractivity contribution in [2.75, 3.05) is 25.0 Å². The Hall–Kier alpha value is -1.56. The van der Waals surface area contributed by atoms with E-state index in [4.69, 9.17) is 0 Å².